The van der Waals surface area contributed by atoms with E-state index >= 15 is 0 Å². The lowest BCUT2D eigenvalue weighted by atomic mass is 9.98. The van der Waals surface area contributed by atoms with Crippen LogP contribution in [0.2, 0.25) is 5.02 Å². The van der Waals surface area contributed by atoms with Gasteiger partial charge in [-0.25, -0.2) is 0 Å². The lowest BCUT2D eigenvalue weighted by Gasteiger charge is -2.19. The highest BCUT2D eigenvalue weighted by molar-refractivity contribution is 7.80. The SMILES string of the molecule is Cc1cc(C(O)C(O)CCS)cc(C)c1Cl. The van der Waals surface area contributed by atoms with Crippen LogP contribution in [0, 0.1) is 13.8 Å². The molecular weight excluding hydrogens is 244 g/mol. The third-order valence-electron chi connectivity index (χ3n) is 2.59. The van der Waals surface area contributed by atoms with E-state index < -0.39 is 12.2 Å². The first-order valence-electron chi connectivity index (χ1n) is 5.21. The minimum Gasteiger partial charge on any atom is -0.390 e. The Labute approximate surface area is 107 Å². The Kier molecular flexibility index (Phi) is 5.12. The average molecular weight is 261 g/mol. The fourth-order valence-electron chi connectivity index (χ4n) is 1.66. The van der Waals surface area contributed by atoms with Crippen LogP contribution in [-0.4, -0.2) is 22.1 Å². The van der Waals surface area contributed by atoms with Crippen LogP contribution in [0.3, 0.4) is 0 Å². The van der Waals surface area contributed by atoms with E-state index in [-0.39, 0.29) is 0 Å². The molecule has 0 heterocycles. The highest BCUT2D eigenvalue weighted by Gasteiger charge is 2.18. The maximum Gasteiger partial charge on any atom is 0.105 e. The molecule has 0 bridgehead atoms. The Morgan fingerprint density at radius 1 is 1.25 bits per heavy atom. The maximum atomic E-state index is 9.93. The molecule has 0 radical (unpaired) electrons. The Balaban J connectivity index is 2.96. The van der Waals surface area contributed by atoms with Gasteiger partial charge in [-0.05, 0) is 42.7 Å². The molecule has 1 aromatic carbocycles. The summed E-state index contributed by atoms with van der Waals surface area (Å²) in [6.45, 7) is 3.77. The van der Waals surface area contributed by atoms with Crippen LogP contribution in [0.4, 0.5) is 0 Å². The number of aryl methyl sites for hydroxylation is 2. The first-order chi connectivity index (χ1) is 7.47. The van der Waals surface area contributed by atoms with E-state index in [2.05, 4.69) is 12.6 Å². The van der Waals surface area contributed by atoms with Crippen molar-refractivity contribution in [1.82, 2.24) is 0 Å². The molecule has 0 amide bonds. The van der Waals surface area contributed by atoms with Gasteiger partial charge in [0.1, 0.15) is 6.10 Å². The van der Waals surface area contributed by atoms with E-state index in [9.17, 15) is 10.2 Å². The van der Waals surface area contributed by atoms with E-state index in [1.54, 1.807) is 0 Å². The largest absolute Gasteiger partial charge is 0.390 e. The number of aliphatic hydroxyl groups excluding tert-OH is 2. The van der Waals surface area contributed by atoms with Gasteiger partial charge >= 0.3 is 0 Å². The van der Waals surface area contributed by atoms with Crippen molar-refractivity contribution in [2.75, 3.05) is 5.75 Å². The van der Waals surface area contributed by atoms with Crippen molar-refractivity contribution < 1.29 is 10.2 Å². The van der Waals surface area contributed by atoms with Gasteiger partial charge in [-0.15, -0.1) is 0 Å². The van der Waals surface area contributed by atoms with E-state index in [1.807, 2.05) is 26.0 Å². The van der Waals surface area contributed by atoms with Gasteiger partial charge in [-0.3, -0.25) is 0 Å². The fourth-order valence-corrected chi connectivity index (χ4v) is 2.04. The number of thiol groups is 1. The molecule has 0 aliphatic heterocycles. The van der Waals surface area contributed by atoms with Crippen molar-refractivity contribution >= 4 is 24.2 Å². The molecule has 0 aliphatic rings. The van der Waals surface area contributed by atoms with Crippen molar-refractivity contribution in [1.29, 1.82) is 0 Å². The topological polar surface area (TPSA) is 40.5 Å². The summed E-state index contributed by atoms with van der Waals surface area (Å²) < 4.78 is 0. The molecule has 0 saturated heterocycles. The number of halogens is 1. The smallest absolute Gasteiger partial charge is 0.105 e. The van der Waals surface area contributed by atoms with Crippen LogP contribution in [0.25, 0.3) is 0 Å². The first kappa shape index (κ1) is 13.8. The third-order valence-corrected chi connectivity index (χ3v) is 3.44. The first-order valence-corrected chi connectivity index (χ1v) is 6.22. The van der Waals surface area contributed by atoms with Crippen LogP contribution in [0.15, 0.2) is 12.1 Å². The molecule has 2 unspecified atom stereocenters. The zero-order valence-corrected chi connectivity index (χ0v) is 11.1. The van der Waals surface area contributed by atoms with E-state index in [0.29, 0.717) is 22.8 Å². The zero-order chi connectivity index (χ0) is 12.3. The van der Waals surface area contributed by atoms with Crippen LogP contribution in [0.1, 0.15) is 29.2 Å². The van der Waals surface area contributed by atoms with E-state index in [0.717, 1.165) is 11.1 Å². The van der Waals surface area contributed by atoms with Gasteiger partial charge in [0.25, 0.3) is 0 Å². The molecule has 1 rings (SSSR count). The molecule has 0 aliphatic carbocycles. The van der Waals surface area contributed by atoms with Crippen molar-refractivity contribution in [3.05, 3.63) is 33.8 Å². The van der Waals surface area contributed by atoms with Gasteiger partial charge in [-0.2, -0.15) is 12.6 Å². The Bertz CT molecular complexity index is 345. The maximum absolute atomic E-state index is 9.93. The summed E-state index contributed by atoms with van der Waals surface area (Å²) >= 11 is 10.1. The minimum absolute atomic E-state index is 0.463. The number of benzene rings is 1. The highest BCUT2D eigenvalue weighted by Crippen LogP contribution is 2.27. The second kappa shape index (κ2) is 5.92. The van der Waals surface area contributed by atoms with Crippen LogP contribution < -0.4 is 0 Å². The van der Waals surface area contributed by atoms with Gasteiger partial charge in [0.05, 0.1) is 6.10 Å². The standard InChI is InChI=1S/C12H17ClO2S/c1-7-5-9(6-8(2)11(7)13)12(15)10(14)3-4-16/h5-6,10,12,14-16H,3-4H2,1-2H3. The molecule has 0 spiro atoms. The molecule has 1 aromatic rings. The summed E-state index contributed by atoms with van der Waals surface area (Å²) in [6, 6.07) is 3.61. The third kappa shape index (κ3) is 3.14. The predicted octanol–water partition coefficient (Wildman–Crippen LogP) is 2.67. The Hall–Kier alpha value is -0.220. The molecule has 16 heavy (non-hydrogen) atoms. The monoisotopic (exact) mass is 260 g/mol. The van der Waals surface area contributed by atoms with Gasteiger partial charge in [0, 0.05) is 5.02 Å². The highest BCUT2D eigenvalue weighted by atomic mass is 35.5. The van der Waals surface area contributed by atoms with Gasteiger partial charge in [0.15, 0.2) is 0 Å². The van der Waals surface area contributed by atoms with Crippen molar-refractivity contribution in [3.8, 4) is 0 Å². The lowest BCUT2D eigenvalue weighted by Crippen LogP contribution is -2.19. The second-order valence-corrected chi connectivity index (χ2v) is 4.82. The zero-order valence-electron chi connectivity index (χ0n) is 9.44. The molecule has 2 N–H and O–H groups in total. The minimum atomic E-state index is -0.873. The van der Waals surface area contributed by atoms with Crippen LogP contribution in [-0.2, 0) is 0 Å². The summed E-state index contributed by atoms with van der Waals surface area (Å²) in [5.74, 6) is 0.545. The number of hydrogen-bond acceptors (Lipinski definition) is 3. The fraction of sp³-hybridized carbons (Fsp3) is 0.500. The lowest BCUT2D eigenvalue weighted by molar-refractivity contribution is 0.0172. The summed E-state index contributed by atoms with van der Waals surface area (Å²) in [6.07, 6.45) is -1.19. The van der Waals surface area contributed by atoms with E-state index in [4.69, 9.17) is 11.6 Å². The summed E-state index contributed by atoms with van der Waals surface area (Å²) in [5.41, 5.74) is 2.52. The van der Waals surface area contributed by atoms with Gasteiger partial charge in [-0.1, -0.05) is 23.7 Å². The Morgan fingerprint density at radius 3 is 2.19 bits per heavy atom. The van der Waals surface area contributed by atoms with E-state index in [1.165, 1.54) is 0 Å². The summed E-state index contributed by atoms with van der Waals surface area (Å²) in [7, 11) is 0. The molecule has 0 saturated carbocycles. The number of hydrogen-bond donors (Lipinski definition) is 3. The molecule has 0 fully saturated rings. The molecule has 2 atom stereocenters. The summed E-state index contributed by atoms with van der Waals surface area (Å²) in [4.78, 5) is 0. The molecule has 90 valence electrons. The number of rotatable bonds is 4. The average Bonchev–Trinajstić information content (AvgIpc) is 2.24. The molecule has 4 heteroatoms. The molecule has 0 aromatic heterocycles. The Morgan fingerprint density at radius 2 is 1.75 bits per heavy atom. The van der Waals surface area contributed by atoms with Crippen LogP contribution in [0.5, 0.6) is 0 Å². The molecule has 2 nitrogen and oxygen atoms in total. The van der Waals surface area contributed by atoms with Crippen LogP contribution >= 0.6 is 24.2 Å². The predicted molar refractivity (Wildman–Crippen MR) is 70.4 cm³/mol. The normalized spacial score (nSPS) is 14.9. The quantitative estimate of drug-likeness (QED) is 0.729. The second-order valence-electron chi connectivity index (χ2n) is 3.99. The van der Waals surface area contributed by atoms with Gasteiger partial charge < -0.3 is 10.2 Å². The van der Waals surface area contributed by atoms with Gasteiger partial charge in [0.2, 0.25) is 0 Å². The molecular formula is C12H17ClO2S. The van der Waals surface area contributed by atoms with Crippen molar-refractivity contribution in [2.24, 2.45) is 0 Å². The van der Waals surface area contributed by atoms with Crippen molar-refractivity contribution in [2.45, 2.75) is 32.5 Å². The van der Waals surface area contributed by atoms with Crippen molar-refractivity contribution in [3.63, 3.8) is 0 Å². The number of aliphatic hydroxyl groups is 2. The summed E-state index contributed by atoms with van der Waals surface area (Å²) in [5, 5.41) is 20.3.